The Balaban J connectivity index is 2.26. The number of carboxylic acid groups (broad SMARTS) is 1. The van der Waals surface area contributed by atoms with E-state index in [0.29, 0.717) is 11.4 Å². The normalized spacial score (nSPS) is 11.1. The Kier molecular flexibility index (Phi) is 4.17. The Labute approximate surface area is 126 Å². The van der Waals surface area contributed by atoms with Crippen molar-refractivity contribution in [2.45, 2.75) is 4.90 Å². The fraction of sp³-hybridized carbons (Fsp3) is 0. The molecule has 0 fully saturated rings. The maximum Gasteiger partial charge on any atom is 0.337 e. The molecule has 4 N–H and O–H groups in total. The van der Waals surface area contributed by atoms with Crippen LogP contribution in [0.4, 0.5) is 11.4 Å². The van der Waals surface area contributed by atoms with Crippen LogP contribution in [-0.2, 0) is 10.0 Å². The summed E-state index contributed by atoms with van der Waals surface area (Å²) in [5.41, 5.74) is 1.07. The lowest BCUT2D eigenvalue weighted by atomic mass is 10.2. The summed E-state index contributed by atoms with van der Waals surface area (Å²) < 4.78 is 22.3. The molecule has 0 aromatic heterocycles. The number of hydrogen-bond donors (Lipinski definition) is 3. The van der Waals surface area contributed by atoms with E-state index in [9.17, 15) is 13.2 Å². The van der Waals surface area contributed by atoms with E-state index in [-0.39, 0.29) is 15.5 Å². The second-order valence-corrected chi connectivity index (χ2v) is 6.16. The Morgan fingerprint density at radius 2 is 1.67 bits per heavy atom. The lowest BCUT2D eigenvalue weighted by Crippen LogP contribution is -2.11. The van der Waals surface area contributed by atoms with E-state index >= 15 is 0 Å². The predicted molar refractivity (Wildman–Crippen MR) is 79.5 cm³/mol. The van der Waals surface area contributed by atoms with Crippen LogP contribution < -0.4 is 10.5 Å². The highest BCUT2D eigenvalue weighted by Crippen LogP contribution is 2.24. The predicted octanol–water partition coefficient (Wildman–Crippen LogP) is 2.43. The van der Waals surface area contributed by atoms with Crippen LogP contribution in [0.25, 0.3) is 0 Å². The molecule has 21 heavy (non-hydrogen) atoms. The number of primary sulfonamides is 1. The number of anilines is 2. The van der Waals surface area contributed by atoms with Crippen LogP contribution in [-0.4, -0.2) is 19.5 Å². The van der Waals surface area contributed by atoms with Crippen molar-refractivity contribution in [3.63, 3.8) is 0 Å². The van der Waals surface area contributed by atoms with Crippen LogP contribution in [0.2, 0.25) is 5.02 Å². The number of nitrogens with two attached hydrogens (primary N) is 1. The number of halogens is 1. The minimum absolute atomic E-state index is 0.00428. The van der Waals surface area contributed by atoms with Crippen molar-refractivity contribution >= 4 is 39.0 Å². The van der Waals surface area contributed by atoms with Gasteiger partial charge >= 0.3 is 5.97 Å². The molecule has 0 atom stereocenters. The molecular weight excluding hydrogens is 316 g/mol. The number of sulfonamides is 1. The first kappa shape index (κ1) is 15.3. The van der Waals surface area contributed by atoms with Gasteiger partial charge in [0.1, 0.15) is 0 Å². The monoisotopic (exact) mass is 326 g/mol. The van der Waals surface area contributed by atoms with Gasteiger partial charge in [0.25, 0.3) is 0 Å². The zero-order valence-corrected chi connectivity index (χ0v) is 12.1. The summed E-state index contributed by atoms with van der Waals surface area (Å²) in [5.74, 6) is -1.13. The van der Waals surface area contributed by atoms with E-state index in [0.717, 1.165) is 0 Å². The molecule has 0 heterocycles. The van der Waals surface area contributed by atoms with Crippen LogP contribution >= 0.6 is 11.6 Å². The molecule has 0 amide bonds. The van der Waals surface area contributed by atoms with E-state index in [2.05, 4.69) is 5.32 Å². The fourth-order valence-corrected chi connectivity index (χ4v) is 2.38. The highest BCUT2D eigenvalue weighted by molar-refractivity contribution is 7.89. The summed E-state index contributed by atoms with van der Waals surface area (Å²) in [6.45, 7) is 0. The number of rotatable bonds is 4. The number of hydrogen-bond acceptors (Lipinski definition) is 4. The molecular formula is C13H11ClN2O4S. The Morgan fingerprint density at radius 1 is 1.10 bits per heavy atom. The SMILES string of the molecule is NS(=O)(=O)c1ccc(Nc2ccc(Cl)c(C(=O)O)c2)cc1. The van der Waals surface area contributed by atoms with Gasteiger partial charge in [0, 0.05) is 11.4 Å². The van der Waals surface area contributed by atoms with E-state index in [1.807, 2.05) is 0 Å². The van der Waals surface area contributed by atoms with Crippen molar-refractivity contribution < 1.29 is 18.3 Å². The van der Waals surface area contributed by atoms with Crippen molar-refractivity contribution in [1.29, 1.82) is 0 Å². The zero-order valence-electron chi connectivity index (χ0n) is 10.6. The van der Waals surface area contributed by atoms with Crippen molar-refractivity contribution in [3.05, 3.63) is 53.1 Å². The van der Waals surface area contributed by atoms with Crippen LogP contribution in [0.1, 0.15) is 10.4 Å². The van der Waals surface area contributed by atoms with Crippen molar-refractivity contribution in [2.75, 3.05) is 5.32 Å². The first-order valence-corrected chi connectivity index (χ1v) is 7.62. The number of carbonyl (C=O) groups is 1. The van der Waals surface area contributed by atoms with Gasteiger partial charge in [-0.05, 0) is 42.5 Å². The van der Waals surface area contributed by atoms with Crippen LogP contribution in [0.15, 0.2) is 47.4 Å². The molecule has 0 bridgehead atoms. The van der Waals surface area contributed by atoms with Gasteiger partial charge in [0.15, 0.2) is 0 Å². The largest absolute Gasteiger partial charge is 0.478 e. The third kappa shape index (κ3) is 3.72. The number of carboxylic acids is 1. The fourth-order valence-electron chi connectivity index (χ4n) is 1.66. The summed E-state index contributed by atoms with van der Waals surface area (Å²) in [5, 5.41) is 17.1. The summed E-state index contributed by atoms with van der Waals surface area (Å²) in [6.07, 6.45) is 0. The number of aromatic carboxylic acids is 1. The van der Waals surface area contributed by atoms with Gasteiger partial charge in [-0.25, -0.2) is 18.4 Å². The van der Waals surface area contributed by atoms with Gasteiger partial charge in [-0.3, -0.25) is 0 Å². The average Bonchev–Trinajstić information content (AvgIpc) is 2.40. The molecule has 0 aliphatic carbocycles. The Bertz CT molecular complexity index is 788. The minimum Gasteiger partial charge on any atom is -0.478 e. The molecule has 8 heteroatoms. The van der Waals surface area contributed by atoms with E-state index in [1.165, 1.54) is 36.4 Å². The molecule has 0 saturated carbocycles. The minimum atomic E-state index is -3.74. The zero-order chi connectivity index (χ0) is 15.6. The van der Waals surface area contributed by atoms with Crippen LogP contribution in [0.5, 0.6) is 0 Å². The summed E-state index contributed by atoms with van der Waals surface area (Å²) in [7, 11) is -3.74. The third-order valence-electron chi connectivity index (χ3n) is 2.67. The Hall–Kier alpha value is -2.09. The molecule has 0 saturated heterocycles. The number of nitrogens with one attached hydrogen (secondary N) is 1. The van der Waals surface area contributed by atoms with Gasteiger partial charge in [-0.1, -0.05) is 11.6 Å². The molecule has 2 aromatic carbocycles. The van der Waals surface area contributed by atoms with Crippen LogP contribution in [0.3, 0.4) is 0 Å². The first-order chi connectivity index (χ1) is 9.77. The highest BCUT2D eigenvalue weighted by Gasteiger charge is 2.10. The molecule has 0 unspecified atom stereocenters. The molecule has 2 aromatic rings. The van der Waals surface area contributed by atoms with E-state index < -0.39 is 16.0 Å². The second kappa shape index (κ2) is 5.72. The van der Waals surface area contributed by atoms with Gasteiger partial charge in [-0.15, -0.1) is 0 Å². The standard InChI is InChI=1S/C13H11ClN2O4S/c14-12-6-3-9(7-11(12)13(17)18)16-8-1-4-10(5-2-8)21(15,19)20/h1-7,16H,(H,17,18)(H2,15,19,20). The van der Waals surface area contributed by atoms with Gasteiger partial charge < -0.3 is 10.4 Å². The summed E-state index contributed by atoms with van der Waals surface area (Å²) in [4.78, 5) is 11.0. The highest BCUT2D eigenvalue weighted by atomic mass is 35.5. The smallest absolute Gasteiger partial charge is 0.337 e. The third-order valence-corrected chi connectivity index (χ3v) is 3.93. The van der Waals surface area contributed by atoms with Crippen LogP contribution in [0, 0.1) is 0 Å². The molecule has 0 aliphatic heterocycles. The average molecular weight is 327 g/mol. The van der Waals surface area contributed by atoms with Crippen molar-refractivity contribution in [2.24, 2.45) is 5.14 Å². The van der Waals surface area contributed by atoms with Gasteiger partial charge in [0.05, 0.1) is 15.5 Å². The summed E-state index contributed by atoms with van der Waals surface area (Å²) in [6, 6.07) is 10.2. The molecule has 0 aliphatic rings. The lowest BCUT2D eigenvalue weighted by Gasteiger charge is -2.08. The van der Waals surface area contributed by atoms with E-state index in [4.69, 9.17) is 21.8 Å². The molecule has 110 valence electrons. The van der Waals surface area contributed by atoms with Crippen molar-refractivity contribution in [3.8, 4) is 0 Å². The topological polar surface area (TPSA) is 109 Å². The van der Waals surface area contributed by atoms with Crippen molar-refractivity contribution in [1.82, 2.24) is 0 Å². The van der Waals surface area contributed by atoms with Gasteiger partial charge in [-0.2, -0.15) is 0 Å². The maximum atomic E-state index is 11.1. The summed E-state index contributed by atoms with van der Waals surface area (Å²) >= 11 is 5.78. The van der Waals surface area contributed by atoms with E-state index in [1.54, 1.807) is 6.07 Å². The first-order valence-electron chi connectivity index (χ1n) is 5.70. The molecule has 2 rings (SSSR count). The Morgan fingerprint density at radius 3 is 2.19 bits per heavy atom. The van der Waals surface area contributed by atoms with Gasteiger partial charge in [0.2, 0.25) is 10.0 Å². The molecule has 0 radical (unpaired) electrons. The lowest BCUT2D eigenvalue weighted by molar-refractivity contribution is 0.0697. The molecule has 6 nitrogen and oxygen atoms in total. The quantitative estimate of drug-likeness (QED) is 0.799. The molecule has 0 spiro atoms. The number of benzene rings is 2. The second-order valence-electron chi connectivity index (χ2n) is 4.19. The maximum absolute atomic E-state index is 11.1.